The molecule has 3 nitrogen and oxygen atoms in total. The number of nitrogens with two attached hydrogens (primary N) is 1. The minimum Gasteiger partial charge on any atom is -0.393 e. The molecule has 0 aliphatic carbocycles. The normalized spacial score (nSPS) is 13.7. The maximum Gasteiger partial charge on any atom is 0.230 e. The van der Waals surface area contributed by atoms with E-state index >= 15 is 0 Å². The summed E-state index contributed by atoms with van der Waals surface area (Å²) in [6, 6.07) is 0. The van der Waals surface area contributed by atoms with Gasteiger partial charge in [0.15, 0.2) is 0 Å². The van der Waals surface area contributed by atoms with Crippen LogP contribution in [0.15, 0.2) is 0 Å². The molecule has 15 heavy (non-hydrogen) atoms. The largest absolute Gasteiger partial charge is 0.393 e. The molecule has 0 spiro atoms. The Morgan fingerprint density at radius 3 is 2.20 bits per heavy atom. The van der Waals surface area contributed by atoms with E-state index in [0.29, 0.717) is 0 Å². The molecule has 88 valence electrons. The van der Waals surface area contributed by atoms with Crippen LogP contribution in [-0.2, 0) is 4.79 Å². The van der Waals surface area contributed by atoms with E-state index in [4.69, 9.17) is 18.0 Å². The Labute approximate surface area is 97.8 Å². The predicted molar refractivity (Wildman–Crippen MR) is 67.6 cm³/mol. The van der Waals surface area contributed by atoms with E-state index in [9.17, 15) is 4.79 Å². The maximum atomic E-state index is 11.9. The number of thiocarbonyl (C=S) groups is 1. The van der Waals surface area contributed by atoms with Crippen molar-refractivity contribution in [3.05, 3.63) is 0 Å². The third-order valence-corrected chi connectivity index (χ3v) is 2.86. The summed E-state index contributed by atoms with van der Waals surface area (Å²) in [5, 5.41) is 2.96. The molecule has 0 heterocycles. The van der Waals surface area contributed by atoms with Crippen molar-refractivity contribution in [1.82, 2.24) is 5.32 Å². The molecule has 0 fully saturated rings. The minimum absolute atomic E-state index is 0.0654. The van der Waals surface area contributed by atoms with Crippen molar-refractivity contribution in [3.8, 4) is 0 Å². The van der Waals surface area contributed by atoms with Crippen LogP contribution in [0.2, 0.25) is 0 Å². The third kappa shape index (κ3) is 4.60. The van der Waals surface area contributed by atoms with Gasteiger partial charge in [-0.3, -0.25) is 4.79 Å². The van der Waals surface area contributed by atoms with Gasteiger partial charge in [-0.05, 0) is 26.2 Å². The first-order chi connectivity index (χ1) is 6.71. The van der Waals surface area contributed by atoms with E-state index < -0.39 is 0 Å². The highest BCUT2D eigenvalue weighted by Gasteiger charge is 2.28. The van der Waals surface area contributed by atoms with Crippen LogP contribution in [0.1, 0.15) is 41.0 Å². The molecule has 0 aromatic heterocycles. The second-order valence-electron chi connectivity index (χ2n) is 4.85. The fourth-order valence-electron chi connectivity index (χ4n) is 1.26. The molecule has 0 bridgehead atoms. The topological polar surface area (TPSA) is 55.1 Å². The molecule has 0 radical (unpaired) electrons. The van der Waals surface area contributed by atoms with Gasteiger partial charge in [-0.25, -0.2) is 0 Å². The lowest BCUT2D eigenvalue weighted by Gasteiger charge is -2.28. The highest BCUT2D eigenvalue weighted by Crippen LogP contribution is 2.15. The van der Waals surface area contributed by atoms with E-state index in [1.165, 1.54) is 0 Å². The minimum atomic E-state index is -0.370. The second kappa shape index (κ2) is 5.45. The van der Waals surface area contributed by atoms with Crippen LogP contribution in [0.3, 0.4) is 0 Å². The van der Waals surface area contributed by atoms with Crippen LogP contribution in [-0.4, -0.2) is 16.4 Å². The first kappa shape index (κ1) is 14.4. The lowest BCUT2D eigenvalue weighted by Crippen LogP contribution is -2.49. The van der Waals surface area contributed by atoms with Crippen LogP contribution in [0.25, 0.3) is 0 Å². The molecule has 3 N–H and O–H groups in total. The number of hydrogen-bond donors (Lipinski definition) is 2. The van der Waals surface area contributed by atoms with E-state index in [-0.39, 0.29) is 28.3 Å². The highest BCUT2D eigenvalue weighted by atomic mass is 32.1. The number of hydrogen-bond acceptors (Lipinski definition) is 2. The molecule has 0 saturated heterocycles. The number of rotatable bonds is 5. The number of carbonyl (C=O) groups is 1. The second-order valence-corrected chi connectivity index (χ2v) is 5.32. The molecule has 1 unspecified atom stereocenters. The fraction of sp³-hybridized carbons (Fsp3) is 0.818. The first-order valence-corrected chi connectivity index (χ1v) is 5.73. The molecule has 0 aliphatic heterocycles. The lowest BCUT2D eigenvalue weighted by atomic mass is 9.92. The van der Waals surface area contributed by atoms with Crippen molar-refractivity contribution in [2.45, 2.75) is 46.6 Å². The standard InChI is InChI=1S/C11H22N2OS/c1-6-11(4,5)13-10(14)8(7(2)3)9(12)15/h7-8H,6H2,1-5H3,(H2,12,15)(H,13,14). The molecule has 0 aromatic rings. The lowest BCUT2D eigenvalue weighted by molar-refractivity contribution is -0.125. The van der Waals surface area contributed by atoms with Gasteiger partial charge in [-0.1, -0.05) is 33.0 Å². The summed E-state index contributed by atoms with van der Waals surface area (Å²) < 4.78 is 0. The van der Waals surface area contributed by atoms with E-state index in [2.05, 4.69) is 5.32 Å². The average Bonchev–Trinajstić information content (AvgIpc) is 2.01. The fourth-order valence-corrected chi connectivity index (χ4v) is 1.64. The molecule has 4 heteroatoms. The van der Waals surface area contributed by atoms with Crippen LogP contribution in [0.5, 0.6) is 0 Å². The van der Waals surface area contributed by atoms with Crippen molar-refractivity contribution >= 4 is 23.1 Å². The van der Waals surface area contributed by atoms with Gasteiger partial charge in [0.25, 0.3) is 0 Å². The van der Waals surface area contributed by atoms with Crippen LogP contribution < -0.4 is 11.1 Å². The Kier molecular flexibility index (Phi) is 5.21. The SMILES string of the molecule is CCC(C)(C)NC(=O)C(C(N)=S)C(C)C. The Morgan fingerprint density at radius 2 is 1.93 bits per heavy atom. The number of nitrogens with one attached hydrogen (secondary N) is 1. The van der Waals surface area contributed by atoms with Gasteiger partial charge in [0, 0.05) is 5.54 Å². The van der Waals surface area contributed by atoms with Crippen LogP contribution >= 0.6 is 12.2 Å². The zero-order chi connectivity index (χ0) is 12.2. The zero-order valence-electron chi connectivity index (χ0n) is 10.3. The highest BCUT2D eigenvalue weighted by molar-refractivity contribution is 7.80. The predicted octanol–water partition coefficient (Wildman–Crippen LogP) is 1.85. The van der Waals surface area contributed by atoms with Crippen molar-refractivity contribution in [3.63, 3.8) is 0 Å². The Bertz CT molecular complexity index is 249. The van der Waals surface area contributed by atoms with Crippen LogP contribution in [0.4, 0.5) is 0 Å². The monoisotopic (exact) mass is 230 g/mol. The Hall–Kier alpha value is -0.640. The molecule has 0 saturated carbocycles. The summed E-state index contributed by atoms with van der Waals surface area (Å²) in [6.45, 7) is 9.90. The number of amides is 1. The summed E-state index contributed by atoms with van der Waals surface area (Å²) in [6.07, 6.45) is 0.876. The third-order valence-electron chi connectivity index (χ3n) is 2.60. The summed E-state index contributed by atoms with van der Waals surface area (Å²) in [5.74, 6) is -0.301. The summed E-state index contributed by atoms with van der Waals surface area (Å²) in [7, 11) is 0. The summed E-state index contributed by atoms with van der Waals surface area (Å²) in [5.41, 5.74) is 5.37. The maximum absolute atomic E-state index is 11.9. The Balaban J connectivity index is 4.61. The molecule has 0 aliphatic rings. The smallest absolute Gasteiger partial charge is 0.230 e. The Morgan fingerprint density at radius 1 is 1.47 bits per heavy atom. The quantitative estimate of drug-likeness (QED) is 0.709. The molecule has 1 atom stereocenters. The molecular formula is C11H22N2OS. The summed E-state index contributed by atoms with van der Waals surface area (Å²) in [4.78, 5) is 12.2. The van der Waals surface area contributed by atoms with E-state index in [1.54, 1.807) is 0 Å². The van der Waals surface area contributed by atoms with E-state index in [0.717, 1.165) is 6.42 Å². The zero-order valence-corrected chi connectivity index (χ0v) is 11.1. The van der Waals surface area contributed by atoms with Crippen molar-refractivity contribution in [2.75, 3.05) is 0 Å². The number of carbonyl (C=O) groups excluding carboxylic acids is 1. The first-order valence-electron chi connectivity index (χ1n) is 5.32. The summed E-state index contributed by atoms with van der Waals surface area (Å²) >= 11 is 4.91. The molecule has 1 amide bonds. The molecule has 0 aromatic carbocycles. The van der Waals surface area contributed by atoms with Gasteiger partial charge < -0.3 is 11.1 Å². The van der Waals surface area contributed by atoms with Gasteiger partial charge in [0.2, 0.25) is 5.91 Å². The van der Waals surface area contributed by atoms with Gasteiger partial charge in [-0.2, -0.15) is 0 Å². The van der Waals surface area contributed by atoms with Gasteiger partial charge >= 0.3 is 0 Å². The van der Waals surface area contributed by atoms with Crippen molar-refractivity contribution in [1.29, 1.82) is 0 Å². The van der Waals surface area contributed by atoms with Gasteiger partial charge in [0.1, 0.15) is 0 Å². The molecule has 0 rings (SSSR count). The van der Waals surface area contributed by atoms with Gasteiger partial charge in [0.05, 0.1) is 10.9 Å². The van der Waals surface area contributed by atoms with E-state index in [1.807, 2.05) is 34.6 Å². The van der Waals surface area contributed by atoms with Gasteiger partial charge in [-0.15, -0.1) is 0 Å². The molecular weight excluding hydrogens is 208 g/mol. The van der Waals surface area contributed by atoms with Crippen molar-refractivity contribution < 1.29 is 4.79 Å². The van der Waals surface area contributed by atoms with Crippen molar-refractivity contribution in [2.24, 2.45) is 17.6 Å². The van der Waals surface area contributed by atoms with Crippen LogP contribution in [0, 0.1) is 11.8 Å². The average molecular weight is 230 g/mol.